The number of carbonyl (C=O) groups is 1. The number of amides is 1. The van der Waals surface area contributed by atoms with Gasteiger partial charge in [-0.05, 0) is 70.5 Å². The van der Waals surface area contributed by atoms with Crippen molar-refractivity contribution in [1.82, 2.24) is 24.9 Å². The summed E-state index contributed by atoms with van der Waals surface area (Å²) in [7, 11) is 1.51. The number of aryl methyl sites for hydroxylation is 1. The number of alkyl carbamates (subject to hydrolysis) is 1. The van der Waals surface area contributed by atoms with E-state index in [9.17, 15) is 18.0 Å². The van der Waals surface area contributed by atoms with Gasteiger partial charge in [0, 0.05) is 23.9 Å². The first kappa shape index (κ1) is 29.4. The van der Waals surface area contributed by atoms with Crippen molar-refractivity contribution in [3.05, 3.63) is 53.9 Å². The predicted molar refractivity (Wildman–Crippen MR) is 147 cm³/mol. The lowest BCUT2D eigenvalue weighted by atomic mass is 10.1. The van der Waals surface area contributed by atoms with Crippen LogP contribution in [0.15, 0.2) is 42.6 Å². The van der Waals surface area contributed by atoms with E-state index in [2.05, 4.69) is 20.4 Å². The highest BCUT2D eigenvalue weighted by atomic mass is 19.4. The smallest absolute Gasteiger partial charge is 0.419 e. The fourth-order valence-electron chi connectivity index (χ4n) is 4.07. The Balaban J connectivity index is 1.54. The van der Waals surface area contributed by atoms with Crippen LogP contribution >= 0.6 is 0 Å². The van der Waals surface area contributed by atoms with Crippen molar-refractivity contribution in [3.63, 3.8) is 0 Å². The Labute approximate surface area is 234 Å². The van der Waals surface area contributed by atoms with E-state index in [0.29, 0.717) is 59.4 Å². The summed E-state index contributed by atoms with van der Waals surface area (Å²) in [5, 5.41) is 7.33. The second-order valence-electron chi connectivity index (χ2n) is 10.2. The van der Waals surface area contributed by atoms with E-state index in [-0.39, 0.29) is 5.56 Å². The molecule has 4 aromatic rings. The molecule has 0 aliphatic heterocycles. The fraction of sp³-hybridized carbons (Fsp3) is 0.357. The van der Waals surface area contributed by atoms with Gasteiger partial charge in [0.25, 0.3) is 0 Å². The quantitative estimate of drug-likeness (QED) is 0.259. The lowest BCUT2D eigenvalue weighted by Gasteiger charge is -2.19. The Hall–Kier alpha value is -4.55. The predicted octanol–water partition coefficient (Wildman–Crippen LogP) is 5.67. The third kappa shape index (κ3) is 6.97. The van der Waals surface area contributed by atoms with Crippen molar-refractivity contribution >= 4 is 17.6 Å². The normalized spacial score (nSPS) is 11.9. The maximum Gasteiger partial charge on any atom is 0.419 e. The number of imidazole rings is 1. The Kier molecular flexibility index (Phi) is 8.27. The molecular formula is C28H31F3N6O4. The van der Waals surface area contributed by atoms with E-state index in [4.69, 9.17) is 19.9 Å². The topological polar surface area (TPSA) is 126 Å². The molecule has 0 unspecified atom stereocenters. The molecule has 0 saturated heterocycles. The molecule has 0 bridgehead atoms. The zero-order chi connectivity index (χ0) is 29.9. The van der Waals surface area contributed by atoms with Gasteiger partial charge in [-0.3, -0.25) is 0 Å². The number of nitrogen functional groups attached to an aromatic ring is 1. The first-order valence-corrected chi connectivity index (χ1v) is 12.7. The second kappa shape index (κ2) is 11.5. The number of aromatic nitrogens is 4. The van der Waals surface area contributed by atoms with Crippen LogP contribution in [0.4, 0.5) is 23.8 Å². The van der Waals surface area contributed by atoms with Gasteiger partial charge in [-0.2, -0.15) is 18.3 Å². The van der Waals surface area contributed by atoms with Gasteiger partial charge in [-0.25, -0.2) is 19.3 Å². The molecule has 10 nitrogen and oxygen atoms in total. The summed E-state index contributed by atoms with van der Waals surface area (Å²) in [5.41, 5.74) is 6.59. The number of benzene rings is 1. The SMILES string of the molecule is COc1cc(-c2ccc3nc(C)c(-c4cnc(N)c(C(F)(F)F)c4)n3n2)ccc1OCCCNC(=O)OC(C)(C)C. The summed E-state index contributed by atoms with van der Waals surface area (Å²) in [4.78, 5) is 20.0. The van der Waals surface area contributed by atoms with Crippen molar-refractivity contribution in [1.29, 1.82) is 0 Å². The molecular weight excluding hydrogens is 541 g/mol. The maximum absolute atomic E-state index is 13.5. The van der Waals surface area contributed by atoms with E-state index in [1.54, 1.807) is 58.0 Å². The molecule has 4 rings (SSSR count). The van der Waals surface area contributed by atoms with Crippen LogP contribution in [0.5, 0.6) is 11.5 Å². The number of anilines is 1. The van der Waals surface area contributed by atoms with Gasteiger partial charge in [0.1, 0.15) is 11.4 Å². The summed E-state index contributed by atoms with van der Waals surface area (Å²) in [6, 6.07) is 9.71. The number of halogens is 3. The highest BCUT2D eigenvalue weighted by Gasteiger charge is 2.34. The van der Waals surface area contributed by atoms with Crippen LogP contribution in [-0.4, -0.2) is 51.5 Å². The summed E-state index contributed by atoms with van der Waals surface area (Å²) in [5.74, 6) is 0.362. The monoisotopic (exact) mass is 572 g/mol. The number of hydrogen-bond donors (Lipinski definition) is 2. The van der Waals surface area contributed by atoms with E-state index in [0.717, 1.165) is 6.07 Å². The fourth-order valence-corrected chi connectivity index (χ4v) is 4.07. The van der Waals surface area contributed by atoms with Crippen molar-refractivity contribution in [2.45, 2.75) is 45.9 Å². The van der Waals surface area contributed by atoms with E-state index in [1.807, 2.05) is 0 Å². The molecule has 0 atom stereocenters. The van der Waals surface area contributed by atoms with Gasteiger partial charge in [0.15, 0.2) is 17.1 Å². The van der Waals surface area contributed by atoms with Crippen LogP contribution in [0.3, 0.4) is 0 Å². The van der Waals surface area contributed by atoms with Gasteiger partial charge in [0.2, 0.25) is 0 Å². The number of alkyl halides is 3. The van der Waals surface area contributed by atoms with Crippen molar-refractivity contribution < 1.29 is 32.2 Å². The summed E-state index contributed by atoms with van der Waals surface area (Å²) < 4.78 is 58.5. The number of nitrogens with one attached hydrogen (secondary N) is 1. The molecule has 218 valence electrons. The first-order valence-electron chi connectivity index (χ1n) is 12.7. The number of carbonyl (C=O) groups excluding carboxylic acids is 1. The minimum absolute atomic E-state index is 0.184. The van der Waals surface area contributed by atoms with Crippen LogP contribution < -0.4 is 20.5 Å². The van der Waals surface area contributed by atoms with Crippen LogP contribution in [0.25, 0.3) is 28.2 Å². The Bertz CT molecular complexity index is 1560. The van der Waals surface area contributed by atoms with Gasteiger partial charge < -0.3 is 25.3 Å². The van der Waals surface area contributed by atoms with Gasteiger partial charge in [-0.15, -0.1) is 0 Å². The second-order valence-corrected chi connectivity index (χ2v) is 10.2. The van der Waals surface area contributed by atoms with Crippen LogP contribution in [0.1, 0.15) is 38.4 Å². The van der Waals surface area contributed by atoms with Crippen molar-refractivity contribution in [2.75, 3.05) is 26.0 Å². The third-order valence-corrected chi connectivity index (χ3v) is 5.86. The summed E-state index contributed by atoms with van der Waals surface area (Å²) in [6.45, 7) is 7.76. The van der Waals surface area contributed by atoms with Crippen LogP contribution in [0.2, 0.25) is 0 Å². The van der Waals surface area contributed by atoms with Crippen molar-refractivity contribution in [3.8, 4) is 34.0 Å². The number of nitrogens with two attached hydrogens (primary N) is 1. The third-order valence-electron chi connectivity index (χ3n) is 5.86. The largest absolute Gasteiger partial charge is 0.493 e. The summed E-state index contributed by atoms with van der Waals surface area (Å²) in [6.07, 6.45) is -3.34. The van der Waals surface area contributed by atoms with E-state index >= 15 is 0 Å². The zero-order valence-corrected chi connectivity index (χ0v) is 23.3. The highest BCUT2D eigenvalue weighted by molar-refractivity contribution is 5.70. The minimum Gasteiger partial charge on any atom is -0.493 e. The lowest BCUT2D eigenvalue weighted by Crippen LogP contribution is -2.33. The molecule has 13 heteroatoms. The van der Waals surface area contributed by atoms with Gasteiger partial charge in [0.05, 0.1) is 36.4 Å². The number of rotatable bonds is 8. The Morgan fingerprint density at radius 2 is 1.83 bits per heavy atom. The van der Waals surface area contributed by atoms with Crippen LogP contribution in [0, 0.1) is 6.92 Å². The molecule has 1 amide bonds. The molecule has 0 spiro atoms. The average Bonchev–Trinajstić information content (AvgIpc) is 3.22. The summed E-state index contributed by atoms with van der Waals surface area (Å²) >= 11 is 0. The Morgan fingerprint density at radius 1 is 1.07 bits per heavy atom. The number of ether oxygens (including phenoxy) is 3. The number of methoxy groups -OCH3 is 1. The lowest BCUT2D eigenvalue weighted by molar-refractivity contribution is -0.137. The number of nitrogens with zero attached hydrogens (tertiary/aromatic N) is 4. The van der Waals surface area contributed by atoms with E-state index in [1.165, 1.54) is 17.8 Å². The Morgan fingerprint density at radius 3 is 2.51 bits per heavy atom. The van der Waals surface area contributed by atoms with Crippen molar-refractivity contribution in [2.24, 2.45) is 0 Å². The number of hydrogen-bond acceptors (Lipinski definition) is 8. The van der Waals surface area contributed by atoms with Gasteiger partial charge >= 0.3 is 12.3 Å². The minimum atomic E-state index is -4.66. The standard InChI is InChI=1S/C28H31F3N6O4/c1-16-24(18-13-19(28(29,30)31)25(32)34-15-18)37-23(35-16)10-8-20(36-37)17-7-9-21(22(14-17)39-5)40-12-6-11-33-26(38)41-27(2,3)4/h7-10,13-15H,6,11-12H2,1-5H3,(H2,32,34)(H,33,38). The molecule has 0 radical (unpaired) electrons. The molecule has 0 aliphatic rings. The zero-order valence-electron chi connectivity index (χ0n) is 23.3. The molecule has 1 aromatic carbocycles. The molecule has 0 saturated carbocycles. The molecule has 41 heavy (non-hydrogen) atoms. The molecule has 0 fully saturated rings. The van der Waals surface area contributed by atoms with Gasteiger partial charge in [-0.1, -0.05) is 0 Å². The van der Waals surface area contributed by atoms with E-state index < -0.39 is 29.3 Å². The first-order chi connectivity index (χ1) is 19.3. The van der Waals surface area contributed by atoms with Crippen LogP contribution in [-0.2, 0) is 10.9 Å². The number of pyridine rings is 1. The molecule has 0 aliphatic carbocycles. The average molecular weight is 573 g/mol. The number of fused-ring (bicyclic) bond motifs is 1. The molecule has 3 heterocycles. The highest BCUT2D eigenvalue weighted by Crippen LogP contribution is 2.36. The molecule has 3 aromatic heterocycles. The molecule has 3 N–H and O–H groups in total. The maximum atomic E-state index is 13.5.